The third-order valence-electron chi connectivity index (χ3n) is 4.38. The van der Waals surface area contributed by atoms with E-state index in [1.54, 1.807) is 0 Å². The summed E-state index contributed by atoms with van der Waals surface area (Å²) in [6, 6.07) is 16.2. The number of carbonyl (C=O) groups excluding carboxylic acids is 1. The molecule has 132 valence electrons. The SMILES string of the molecule is Cc1cccc(N2CCN(C(=O)CCOc3cccc(Br)c3)CC2)c1. The molecule has 1 aliphatic heterocycles. The average Bonchev–Trinajstić information content (AvgIpc) is 2.62. The van der Waals surface area contributed by atoms with Crippen LogP contribution >= 0.6 is 15.9 Å². The predicted octanol–water partition coefficient (Wildman–Crippen LogP) is 3.88. The van der Waals surface area contributed by atoms with E-state index in [1.807, 2.05) is 29.2 Å². The quantitative estimate of drug-likeness (QED) is 0.760. The lowest BCUT2D eigenvalue weighted by atomic mass is 10.2. The highest BCUT2D eigenvalue weighted by molar-refractivity contribution is 9.10. The summed E-state index contributed by atoms with van der Waals surface area (Å²) in [5.41, 5.74) is 2.51. The molecule has 0 saturated carbocycles. The maximum Gasteiger partial charge on any atom is 0.226 e. The smallest absolute Gasteiger partial charge is 0.226 e. The number of anilines is 1. The molecule has 1 amide bonds. The molecule has 0 N–H and O–H groups in total. The normalized spacial score (nSPS) is 14.5. The molecule has 0 radical (unpaired) electrons. The monoisotopic (exact) mass is 402 g/mol. The van der Waals surface area contributed by atoms with Gasteiger partial charge in [0.2, 0.25) is 5.91 Å². The standard InChI is InChI=1S/C20H23BrN2O2/c1-16-4-2-6-18(14-16)22-9-11-23(12-10-22)20(24)8-13-25-19-7-3-5-17(21)15-19/h2-7,14-15H,8-13H2,1H3. The van der Waals surface area contributed by atoms with Gasteiger partial charge in [-0.3, -0.25) is 4.79 Å². The summed E-state index contributed by atoms with van der Waals surface area (Å²) in [5, 5.41) is 0. The van der Waals surface area contributed by atoms with Gasteiger partial charge in [0, 0.05) is 36.3 Å². The van der Waals surface area contributed by atoms with Gasteiger partial charge in [0.05, 0.1) is 13.0 Å². The van der Waals surface area contributed by atoms with Gasteiger partial charge in [0.15, 0.2) is 0 Å². The molecule has 1 heterocycles. The lowest BCUT2D eigenvalue weighted by Gasteiger charge is -2.36. The van der Waals surface area contributed by atoms with Crippen molar-refractivity contribution in [3.8, 4) is 5.75 Å². The summed E-state index contributed by atoms with van der Waals surface area (Å²) >= 11 is 3.41. The molecule has 4 nitrogen and oxygen atoms in total. The molecule has 0 aliphatic carbocycles. The van der Waals surface area contributed by atoms with Crippen LogP contribution in [0.25, 0.3) is 0 Å². The zero-order valence-corrected chi connectivity index (χ0v) is 16.0. The van der Waals surface area contributed by atoms with E-state index in [-0.39, 0.29) is 5.91 Å². The number of hydrogen-bond donors (Lipinski definition) is 0. The number of ether oxygens (including phenoxy) is 1. The van der Waals surface area contributed by atoms with Crippen molar-refractivity contribution in [2.75, 3.05) is 37.7 Å². The van der Waals surface area contributed by atoms with E-state index in [9.17, 15) is 4.79 Å². The van der Waals surface area contributed by atoms with Crippen molar-refractivity contribution in [3.05, 3.63) is 58.6 Å². The first-order valence-corrected chi connectivity index (χ1v) is 9.39. The maximum absolute atomic E-state index is 12.4. The van der Waals surface area contributed by atoms with E-state index in [0.717, 1.165) is 36.4 Å². The first-order valence-electron chi connectivity index (χ1n) is 8.59. The first kappa shape index (κ1) is 17.8. The van der Waals surface area contributed by atoms with E-state index in [0.29, 0.717) is 13.0 Å². The second-order valence-electron chi connectivity index (χ2n) is 6.26. The van der Waals surface area contributed by atoms with Crippen molar-refractivity contribution in [1.29, 1.82) is 0 Å². The zero-order valence-electron chi connectivity index (χ0n) is 14.5. The van der Waals surface area contributed by atoms with Crippen molar-refractivity contribution in [2.45, 2.75) is 13.3 Å². The molecule has 0 spiro atoms. The van der Waals surface area contributed by atoms with Crippen LogP contribution in [0.15, 0.2) is 53.0 Å². The lowest BCUT2D eigenvalue weighted by molar-refractivity contribution is -0.132. The number of benzene rings is 2. The Morgan fingerprint density at radius 1 is 1.08 bits per heavy atom. The summed E-state index contributed by atoms with van der Waals surface area (Å²) in [4.78, 5) is 16.7. The van der Waals surface area contributed by atoms with Crippen LogP contribution in [0.4, 0.5) is 5.69 Å². The summed E-state index contributed by atoms with van der Waals surface area (Å²) < 4.78 is 6.64. The maximum atomic E-state index is 12.4. The Balaban J connectivity index is 1.44. The number of rotatable bonds is 5. The Morgan fingerprint density at radius 3 is 2.56 bits per heavy atom. The van der Waals surface area contributed by atoms with Crippen molar-refractivity contribution in [1.82, 2.24) is 4.90 Å². The van der Waals surface area contributed by atoms with Crippen LogP contribution in [0, 0.1) is 6.92 Å². The van der Waals surface area contributed by atoms with Crippen LogP contribution in [0.2, 0.25) is 0 Å². The molecule has 0 unspecified atom stereocenters. The van der Waals surface area contributed by atoms with Gasteiger partial charge in [-0.15, -0.1) is 0 Å². The van der Waals surface area contributed by atoms with E-state index >= 15 is 0 Å². The van der Waals surface area contributed by atoms with Crippen molar-refractivity contribution < 1.29 is 9.53 Å². The zero-order chi connectivity index (χ0) is 17.6. The second-order valence-corrected chi connectivity index (χ2v) is 7.18. The molecule has 25 heavy (non-hydrogen) atoms. The molecule has 0 aromatic heterocycles. The number of piperazine rings is 1. The van der Waals surface area contributed by atoms with E-state index < -0.39 is 0 Å². The molecule has 1 saturated heterocycles. The van der Waals surface area contributed by atoms with Gasteiger partial charge in [-0.2, -0.15) is 0 Å². The highest BCUT2D eigenvalue weighted by Gasteiger charge is 2.21. The summed E-state index contributed by atoms with van der Waals surface area (Å²) in [6.45, 7) is 5.80. The van der Waals surface area contributed by atoms with Crippen LogP contribution < -0.4 is 9.64 Å². The summed E-state index contributed by atoms with van der Waals surface area (Å²) in [5.74, 6) is 0.949. The minimum Gasteiger partial charge on any atom is -0.493 e. The fourth-order valence-corrected chi connectivity index (χ4v) is 3.39. The lowest BCUT2D eigenvalue weighted by Crippen LogP contribution is -2.49. The Hall–Kier alpha value is -2.01. The van der Waals surface area contributed by atoms with Crippen LogP contribution in [0.3, 0.4) is 0 Å². The molecular weight excluding hydrogens is 380 g/mol. The van der Waals surface area contributed by atoms with Crippen molar-refractivity contribution >= 4 is 27.5 Å². The highest BCUT2D eigenvalue weighted by Crippen LogP contribution is 2.19. The Kier molecular flexibility index (Phi) is 5.97. The predicted molar refractivity (Wildman–Crippen MR) is 104 cm³/mol. The molecule has 5 heteroatoms. The molecule has 2 aromatic rings. The van der Waals surface area contributed by atoms with Gasteiger partial charge in [-0.1, -0.05) is 34.1 Å². The van der Waals surface area contributed by atoms with Crippen LogP contribution in [-0.4, -0.2) is 43.6 Å². The van der Waals surface area contributed by atoms with Crippen LogP contribution in [-0.2, 0) is 4.79 Å². The molecule has 1 aliphatic rings. The highest BCUT2D eigenvalue weighted by atomic mass is 79.9. The Labute approximate surface area is 157 Å². The summed E-state index contributed by atoms with van der Waals surface area (Å²) in [7, 11) is 0. The Bertz CT molecular complexity index is 727. The molecular formula is C20H23BrN2O2. The van der Waals surface area contributed by atoms with Gasteiger partial charge in [0.25, 0.3) is 0 Å². The minimum atomic E-state index is 0.166. The third kappa shape index (κ3) is 4.98. The van der Waals surface area contributed by atoms with Gasteiger partial charge in [-0.25, -0.2) is 0 Å². The van der Waals surface area contributed by atoms with E-state index in [2.05, 4.69) is 52.0 Å². The number of carbonyl (C=O) groups is 1. The largest absolute Gasteiger partial charge is 0.493 e. The third-order valence-corrected chi connectivity index (χ3v) is 4.87. The minimum absolute atomic E-state index is 0.166. The number of aryl methyl sites for hydroxylation is 1. The van der Waals surface area contributed by atoms with Crippen molar-refractivity contribution in [2.24, 2.45) is 0 Å². The molecule has 0 bridgehead atoms. The molecule has 1 fully saturated rings. The van der Waals surface area contributed by atoms with Gasteiger partial charge >= 0.3 is 0 Å². The van der Waals surface area contributed by atoms with Crippen molar-refractivity contribution in [3.63, 3.8) is 0 Å². The van der Waals surface area contributed by atoms with Gasteiger partial charge < -0.3 is 14.5 Å². The first-order chi connectivity index (χ1) is 12.1. The molecule has 3 rings (SSSR count). The Morgan fingerprint density at radius 2 is 1.84 bits per heavy atom. The average molecular weight is 403 g/mol. The van der Waals surface area contributed by atoms with E-state index in [1.165, 1.54) is 11.3 Å². The number of halogens is 1. The number of hydrogen-bond acceptors (Lipinski definition) is 3. The van der Waals surface area contributed by atoms with Crippen LogP contribution in [0.5, 0.6) is 5.75 Å². The number of nitrogens with zero attached hydrogens (tertiary/aromatic N) is 2. The second kappa shape index (κ2) is 8.39. The van der Waals surface area contributed by atoms with Gasteiger partial charge in [0.1, 0.15) is 5.75 Å². The van der Waals surface area contributed by atoms with E-state index in [4.69, 9.17) is 4.74 Å². The van der Waals surface area contributed by atoms with Gasteiger partial charge in [-0.05, 0) is 42.8 Å². The number of amides is 1. The summed E-state index contributed by atoms with van der Waals surface area (Å²) in [6.07, 6.45) is 0.414. The fraction of sp³-hybridized carbons (Fsp3) is 0.350. The molecule has 0 atom stereocenters. The molecule has 2 aromatic carbocycles. The fourth-order valence-electron chi connectivity index (χ4n) is 3.01. The van der Waals surface area contributed by atoms with Crippen LogP contribution in [0.1, 0.15) is 12.0 Å². The topological polar surface area (TPSA) is 32.8 Å².